The van der Waals surface area contributed by atoms with Gasteiger partial charge in [-0.15, -0.1) is 0 Å². The summed E-state index contributed by atoms with van der Waals surface area (Å²) >= 11 is 0. The van der Waals surface area contributed by atoms with Crippen molar-refractivity contribution in [2.45, 2.75) is 232 Å². The number of esters is 1. The predicted molar refractivity (Wildman–Crippen MR) is 215 cm³/mol. The van der Waals surface area contributed by atoms with E-state index in [0.29, 0.717) is 6.42 Å². The molecule has 0 spiro atoms. The summed E-state index contributed by atoms with van der Waals surface area (Å²) in [5.74, 6) is -0.506. The van der Waals surface area contributed by atoms with Gasteiger partial charge in [0, 0.05) is 19.4 Å². The largest absolute Gasteiger partial charge is 0.472 e. The molecule has 1 amide bonds. The molecular weight excluding hydrogens is 677 g/mol. The summed E-state index contributed by atoms with van der Waals surface area (Å²) in [4.78, 5) is 33.8. The standard InChI is InChI=1S/C42H84NO8P/c1-3-5-7-9-11-13-15-16-17-18-19-20-21-22-23-24-25-26-28-30-32-34-41(45)43-36-37-50-52(47,48)51-39-40(44)38-49-42(46)35-33-31-29-27-14-12-10-8-6-4-2/h40,44H,3-39H2,1-2H3,(H,43,45)(H,47,48). The zero-order chi connectivity index (χ0) is 38.2. The minimum Gasteiger partial charge on any atom is -0.463 e. The van der Waals surface area contributed by atoms with Crippen LogP contribution in [0.3, 0.4) is 0 Å². The minimum absolute atomic E-state index is 0.0884. The van der Waals surface area contributed by atoms with Gasteiger partial charge in [0.1, 0.15) is 12.7 Å². The fraction of sp³-hybridized carbons (Fsp3) is 0.952. The Bertz CT molecular complexity index is 830. The van der Waals surface area contributed by atoms with Crippen molar-refractivity contribution in [1.29, 1.82) is 0 Å². The van der Waals surface area contributed by atoms with Crippen molar-refractivity contribution in [3.63, 3.8) is 0 Å². The van der Waals surface area contributed by atoms with Crippen molar-refractivity contribution in [3.8, 4) is 0 Å². The Morgan fingerprint density at radius 1 is 0.519 bits per heavy atom. The Morgan fingerprint density at radius 2 is 0.865 bits per heavy atom. The Kier molecular flexibility index (Phi) is 38.9. The minimum atomic E-state index is -4.40. The maximum absolute atomic E-state index is 12.1. The zero-order valence-electron chi connectivity index (χ0n) is 34.0. The number of phosphoric ester groups is 1. The summed E-state index contributed by atoms with van der Waals surface area (Å²) in [6.07, 6.45) is 39.0. The number of hydrogen-bond acceptors (Lipinski definition) is 7. The third-order valence-corrected chi connectivity index (χ3v) is 10.8. The number of aliphatic hydroxyl groups excluding tert-OH is 1. The van der Waals surface area contributed by atoms with Crippen LogP contribution in [0.1, 0.15) is 226 Å². The number of unbranched alkanes of at least 4 members (excludes halogenated alkanes) is 29. The summed E-state index contributed by atoms with van der Waals surface area (Å²) < 4.78 is 26.8. The van der Waals surface area contributed by atoms with Gasteiger partial charge in [0.15, 0.2) is 0 Å². The molecule has 0 rings (SSSR count). The number of rotatable bonds is 42. The average Bonchev–Trinajstić information content (AvgIpc) is 3.13. The molecule has 0 saturated heterocycles. The molecular formula is C42H84NO8P. The first-order chi connectivity index (χ1) is 25.3. The monoisotopic (exact) mass is 762 g/mol. The van der Waals surface area contributed by atoms with Crippen LogP contribution in [0.2, 0.25) is 0 Å². The van der Waals surface area contributed by atoms with Crippen LogP contribution < -0.4 is 5.32 Å². The van der Waals surface area contributed by atoms with Crippen LogP contribution in [0.15, 0.2) is 0 Å². The SMILES string of the molecule is CCCCCCCCCCCCCCCCCCCCCCCC(=O)NCCOP(=O)(O)OCC(O)COC(=O)CCCCCCCCCCCC. The third kappa shape index (κ3) is 40.2. The highest BCUT2D eigenvalue weighted by Crippen LogP contribution is 2.42. The van der Waals surface area contributed by atoms with Gasteiger partial charge in [-0.05, 0) is 12.8 Å². The molecule has 0 bridgehead atoms. The normalized spacial score (nSPS) is 13.2. The maximum Gasteiger partial charge on any atom is 0.472 e. The molecule has 0 aliphatic carbocycles. The number of carbonyl (C=O) groups is 2. The van der Waals surface area contributed by atoms with Crippen LogP contribution in [0.25, 0.3) is 0 Å². The highest BCUT2D eigenvalue weighted by Gasteiger charge is 2.23. The fourth-order valence-corrected chi connectivity index (χ4v) is 7.20. The summed E-state index contributed by atoms with van der Waals surface area (Å²) in [5.41, 5.74) is 0. The molecule has 0 aromatic carbocycles. The maximum atomic E-state index is 12.1. The molecule has 10 heteroatoms. The molecule has 9 nitrogen and oxygen atoms in total. The third-order valence-electron chi connectivity index (χ3n) is 9.79. The van der Waals surface area contributed by atoms with E-state index >= 15 is 0 Å². The van der Waals surface area contributed by atoms with Crippen molar-refractivity contribution in [2.75, 3.05) is 26.4 Å². The lowest BCUT2D eigenvalue weighted by Crippen LogP contribution is -2.27. The number of hydrogen-bond donors (Lipinski definition) is 3. The van der Waals surface area contributed by atoms with E-state index in [0.717, 1.165) is 38.5 Å². The van der Waals surface area contributed by atoms with Gasteiger partial charge in [0.05, 0.1) is 13.2 Å². The molecule has 2 atom stereocenters. The van der Waals surface area contributed by atoms with E-state index in [-0.39, 0.29) is 32.1 Å². The lowest BCUT2D eigenvalue weighted by Gasteiger charge is -2.15. The van der Waals surface area contributed by atoms with Crippen LogP contribution in [0.5, 0.6) is 0 Å². The van der Waals surface area contributed by atoms with E-state index in [1.54, 1.807) is 0 Å². The van der Waals surface area contributed by atoms with E-state index < -0.39 is 26.5 Å². The molecule has 0 aromatic rings. The summed E-state index contributed by atoms with van der Waals surface area (Å²) in [5, 5.41) is 12.7. The molecule has 0 radical (unpaired) electrons. The number of phosphoric acid groups is 1. The predicted octanol–water partition coefficient (Wildman–Crippen LogP) is 12.1. The molecule has 3 N–H and O–H groups in total. The fourth-order valence-electron chi connectivity index (χ4n) is 6.44. The Labute approximate surface area is 320 Å². The quantitative estimate of drug-likeness (QED) is 0.0318. The van der Waals surface area contributed by atoms with Crippen molar-refractivity contribution < 1.29 is 37.9 Å². The molecule has 0 fully saturated rings. The first-order valence-corrected chi connectivity index (χ1v) is 23.5. The van der Waals surface area contributed by atoms with Gasteiger partial charge in [-0.2, -0.15) is 0 Å². The van der Waals surface area contributed by atoms with E-state index in [1.165, 1.54) is 161 Å². The van der Waals surface area contributed by atoms with Crippen LogP contribution >= 0.6 is 7.82 Å². The van der Waals surface area contributed by atoms with Gasteiger partial charge in [-0.25, -0.2) is 4.57 Å². The Hall–Kier alpha value is -0.990. The van der Waals surface area contributed by atoms with E-state index in [2.05, 4.69) is 19.2 Å². The lowest BCUT2D eigenvalue weighted by molar-refractivity contribution is -0.147. The second-order valence-electron chi connectivity index (χ2n) is 15.0. The van der Waals surface area contributed by atoms with Gasteiger partial charge < -0.3 is 20.1 Å². The van der Waals surface area contributed by atoms with Crippen molar-refractivity contribution in [3.05, 3.63) is 0 Å². The average molecular weight is 762 g/mol. The highest BCUT2D eigenvalue weighted by molar-refractivity contribution is 7.47. The summed E-state index contributed by atoms with van der Waals surface area (Å²) in [7, 11) is -4.40. The van der Waals surface area contributed by atoms with Crippen LogP contribution in [-0.2, 0) is 27.9 Å². The number of amides is 1. The molecule has 0 aliphatic rings. The van der Waals surface area contributed by atoms with Crippen molar-refractivity contribution >= 4 is 19.7 Å². The molecule has 0 aromatic heterocycles. The number of aliphatic hydroxyl groups is 1. The number of nitrogens with one attached hydrogen (secondary N) is 1. The number of ether oxygens (including phenoxy) is 1. The molecule has 0 saturated carbocycles. The molecule has 2 unspecified atom stereocenters. The molecule has 310 valence electrons. The zero-order valence-corrected chi connectivity index (χ0v) is 34.9. The Balaban J connectivity index is 3.51. The molecule has 52 heavy (non-hydrogen) atoms. The summed E-state index contributed by atoms with van der Waals surface area (Å²) in [6.45, 7) is 3.57. The summed E-state index contributed by atoms with van der Waals surface area (Å²) in [6, 6.07) is 0. The van der Waals surface area contributed by atoms with Gasteiger partial charge in [-0.3, -0.25) is 18.6 Å². The smallest absolute Gasteiger partial charge is 0.463 e. The topological polar surface area (TPSA) is 131 Å². The van der Waals surface area contributed by atoms with Gasteiger partial charge in [0.2, 0.25) is 5.91 Å². The van der Waals surface area contributed by atoms with E-state index in [4.69, 9.17) is 13.8 Å². The second kappa shape index (κ2) is 39.7. The van der Waals surface area contributed by atoms with E-state index in [1.807, 2.05) is 0 Å². The lowest BCUT2D eigenvalue weighted by atomic mass is 10.0. The van der Waals surface area contributed by atoms with Crippen LogP contribution in [-0.4, -0.2) is 54.3 Å². The van der Waals surface area contributed by atoms with Crippen LogP contribution in [0.4, 0.5) is 0 Å². The van der Waals surface area contributed by atoms with E-state index in [9.17, 15) is 24.2 Å². The van der Waals surface area contributed by atoms with Gasteiger partial charge >= 0.3 is 13.8 Å². The van der Waals surface area contributed by atoms with Gasteiger partial charge in [0.25, 0.3) is 0 Å². The van der Waals surface area contributed by atoms with Crippen molar-refractivity contribution in [1.82, 2.24) is 5.32 Å². The first-order valence-electron chi connectivity index (χ1n) is 22.0. The van der Waals surface area contributed by atoms with Crippen LogP contribution in [0, 0.1) is 0 Å². The first kappa shape index (κ1) is 51.0. The Morgan fingerprint density at radius 3 is 1.25 bits per heavy atom. The highest BCUT2D eigenvalue weighted by atomic mass is 31.2. The second-order valence-corrected chi connectivity index (χ2v) is 16.5. The van der Waals surface area contributed by atoms with Gasteiger partial charge in [-0.1, -0.05) is 200 Å². The molecule has 0 heterocycles. The molecule has 0 aliphatic heterocycles. The number of carbonyl (C=O) groups excluding carboxylic acids is 2. The van der Waals surface area contributed by atoms with Crippen molar-refractivity contribution in [2.24, 2.45) is 0 Å².